The van der Waals surface area contributed by atoms with Gasteiger partial charge < -0.3 is 68.6 Å². The van der Waals surface area contributed by atoms with E-state index in [9.17, 15) is 58.5 Å². The number of nitrogens with one attached hydrogen (secondary N) is 7. The van der Waals surface area contributed by atoms with Crippen LogP contribution in [0.4, 0.5) is 0 Å². The highest BCUT2D eigenvalue weighted by Gasteiger charge is 2.42. The summed E-state index contributed by atoms with van der Waals surface area (Å²) in [7, 11) is 0. The third-order valence-electron chi connectivity index (χ3n) is 10.9. The molecule has 1 aliphatic rings. The number of H-pyrrole nitrogens is 1. The van der Waals surface area contributed by atoms with Gasteiger partial charge in [0.1, 0.15) is 42.3 Å². The zero-order chi connectivity index (χ0) is 49.1. The monoisotopic (exact) mass is 922 g/mol. The lowest BCUT2D eigenvalue weighted by molar-refractivity contribution is -0.145. The molecule has 0 radical (unpaired) electrons. The highest BCUT2D eigenvalue weighted by atomic mass is 16.4. The van der Waals surface area contributed by atoms with Crippen LogP contribution in [0, 0.1) is 17.8 Å². The maximum absolute atomic E-state index is 14.1. The van der Waals surface area contributed by atoms with E-state index in [1.165, 1.54) is 24.3 Å². The van der Waals surface area contributed by atoms with Gasteiger partial charge in [-0.05, 0) is 76.2 Å². The van der Waals surface area contributed by atoms with E-state index in [1.807, 2.05) is 0 Å². The lowest BCUT2D eigenvalue weighted by Gasteiger charge is -2.32. The standard InChI is InChI=1S/C42H71N11O12/c1-21(2)17-28(49-36(58)29(18-25-19-45-20-46-25)50-39(61)32(44)22(3)4)37(59)52-34(24(7)54)41(63)53-16-10-12-30(53)38(60)51-33(23(5)6)40(62)47-26(13-14-31(55)56)35(57)48-27(42(64)65)11-8-9-15-43/h19-24,26-30,32-34,54H,8-18,43-44H2,1-7H3,(H,45,46)(H,47,62)(H,48,57)(H,49,58)(H,50,61)(H,51,60)(H,52,59)(H,55,56)(H,64,65). The molecule has 23 nitrogen and oxygen atoms in total. The van der Waals surface area contributed by atoms with Crippen molar-refractivity contribution in [2.24, 2.45) is 29.2 Å². The number of rotatable bonds is 28. The van der Waals surface area contributed by atoms with Crippen molar-refractivity contribution in [1.82, 2.24) is 46.8 Å². The molecule has 0 aliphatic carbocycles. The van der Waals surface area contributed by atoms with Crippen LogP contribution >= 0.6 is 0 Å². The van der Waals surface area contributed by atoms with E-state index in [0.717, 1.165) is 0 Å². The fourth-order valence-corrected chi connectivity index (χ4v) is 7.10. The second-order valence-corrected chi connectivity index (χ2v) is 17.6. The predicted molar refractivity (Wildman–Crippen MR) is 235 cm³/mol. The smallest absolute Gasteiger partial charge is 0.326 e. The van der Waals surface area contributed by atoms with Crippen molar-refractivity contribution >= 4 is 53.3 Å². The number of nitrogens with two attached hydrogens (primary N) is 2. The zero-order valence-electron chi connectivity index (χ0n) is 38.4. The maximum Gasteiger partial charge on any atom is 0.326 e. The second kappa shape index (κ2) is 27.0. The molecule has 0 spiro atoms. The Morgan fingerprint density at radius 3 is 1.89 bits per heavy atom. The number of carbonyl (C=O) groups excluding carboxylic acids is 7. The van der Waals surface area contributed by atoms with Crippen molar-refractivity contribution in [3.63, 3.8) is 0 Å². The van der Waals surface area contributed by atoms with Crippen LogP contribution in [0.2, 0.25) is 0 Å². The summed E-state index contributed by atoms with van der Waals surface area (Å²) in [6.07, 6.45) is 1.93. The fourth-order valence-electron chi connectivity index (χ4n) is 7.10. The van der Waals surface area contributed by atoms with E-state index in [0.29, 0.717) is 31.5 Å². The van der Waals surface area contributed by atoms with Gasteiger partial charge in [-0.15, -0.1) is 0 Å². The topological polar surface area (TPSA) is 370 Å². The summed E-state index contributed by atoms with van der Waals surface area (Å²) in [5, 5.41) is 45.1. The van der Waals surface area contributed by atoms with Crippen molar-refractivity contribution in [2.45, 2.75) is 161 Å². The van der Waals surface area contributed by atoms with Gasteiger partial charge in [-0.25, -0.2) is 9.78 Å². The number of likely N-dealkylation sites (tertiary alicyclic amines) is 1. The molecular formula is C42H71N11O12. The van der Waals surface area contributed by atoms with E-state index in [1.54, 1.807) is 41.5 Å². The van der Waals surface area contributed by atoms with Gasteiger partial charge in [0.05, 0.1) is 18.5 Å². The normalized spacial score (nSPS) is 17.5. The zero-order valence-corrected chi connectivity index (χ0v) is 38.4. The number of carboxylic acids is 2. The Bertz CT molecular complexity index is 1770. The molecule has 9 atom stereocenters. The summed E-state index contributed by atoms with van der Waals surface area (Å²) in [6, 6.07) is -10.2. The Balaban J connectivity index is 2.28. The molecule has 23 heteroatoms. The Hall–Kier alpha value is -5.68. The molecule has 1 aromatic heterocycles. The number of hydrogen-bond donors (Lipinski definition) is 12. The van der Waals surface area contributed by atoms with E-state index >= 15 is 0 Å². The van der Waals surface area contributed by atoms with Crippen molar-refractivity contribution in [1.29, 1.82) is 0 Å². The molecule has 65 heavy (non-hydrogen) atoms. The first-order valence-corrected chi connectivity index (χ1v) is 22.2. The minimum absolute atomic E-state index is 0.0191. The average Bonchev–Trinajstić information content (AvgIpc) is 3.94. The van der Waals surface area contributed by atoms with E-state index in [2.05, 4.69) is 41.9 Å². The lowest BCUT2D eigenvalue weighted by Crippen LogP contribution is -2.62. The quantitative estimate of drug-likeness (QED) is 0.0405. The number of carbonyl (C=O) groups is 9. The number of carboxylic acid groups (broad SMARTS) is 2. The van der Waals surface area contributed by atoms with E-state index in [-0.39, 0.29) is 44.1 Å². The van der Waals surface area contributed by atoms with Gasteiger partial charge in [0.15, 0.2) is 0 Å². The molecule has 1 aromatic rings. The number of imidazole rings is 1. The second-order valence-electron chi connectivity index (χ2n) is 17.6. The van der Waals surface area contributed by atoms with Crippen LogP contribution in [0.15, 0.2) is 12.5 Å². The Morgan fingerprint density at radius 2 is 1.35 bits per heavy atom. The average molecular weight is 922 g/mol. The molecule has 0 saturated carbocycles. The van der Waals surface area contributed by atoms with Crippen LogP contribution < -0.4 is 43.4 Å². The van der Waals surface area contributed by atoms with Crippen LogP contribution in [0.1, 0.15) is 106 Å². The van der Waals surface area contributed by atoms with Crippen LogP contribution in [-0.4, -0.2) is 151 Å². The van der Waals surface area contributed by atoms with Gasteiger partial charge in [0.25, 0.3) is 0 Å². The molecule has 2 heterocycles. The molecule has 7 amide bonds. The number of hydrogen-bond acceptors (Lipinski definition) is 13. The molecule has 14 N–H and O–H groups in total. The minimum atomic E-state index is -1.59. The predicted octanol–water partition coefficient (Wildman–Crippen LogP) is -2.00. The van der Waals surface area contributed by atoms with Crippen molar-refractivity contribution in [3.8, 4) is 0 Å². The molecule has 9 unspecified atom stereocenters. The molecule has 2 rings (SSSR count). The summed E-state index contributed by atoms with van der Waals surface area (Å²) >= 11 is 0. The maximum atomic E-state index is 14.1. The molecule has 366 valence electrons. The van der Waals surface area contributed by atoms with E-state index < -0.39 is 126 Å². The molecule has 1 fully saturated rings. The summed E-state index contributed by atoms with van der Waals surface area (Å²) in [6.45, 7) is 11.9. The van der Waals surface area contributed by atoms with Gasteiger partial charge in [-0.1, -0.05) is 41.5 Å². The summed E-state index contributed by atoms with van der Waals surface area (Å²) in [5.74, 6) is -9.12. The molecular weight excluding hydrogens is 851 g/mol. The highest BCUT2D eigenvalue weighted by molar-refractivity contribution is 5.98. The SMILES string of the molecule is CC(C)CC(NC(=O)C(Cc1cnc[nH]1)NC(=O)C(N)C(C)C)C(=O)NC(C(=O)N1CCCC1C(=O)NC(C(=O)NC(CCC(=O)O)C(=O)NC(CCCCN)C(=O)O)C(C)C)C(C)O. The van der Waals surface area contributed by atoms with Crippen LogP contribution in [-0.2, 0) is 49.6 Å². The van der Waals surface area contributed by atoms with Gasteiger partial charge in [-0.2, -0.15) is 0 Å². The molecule has 1 saturated heterocycles. The summed E-state index contributed by atoms with van der Waals surface area (Å²) < 4.78 is 0. The first-order valence-electron chi connectivity index (χ1n) is 22.2. The van der Waals surface area contributed by atoms with Crippen LogP contribution in [0.5, 0.6) is 0 Å². The molecule has 0 aromatic carbocycles. The summed E-state index contributed by atoms with van der Waals surface area (Å²) in [5.41, 5.74) is 12.1. The molecule has 1 aliphatic heterocycles. The van der Waals surface area contributed by atoms with Crippen LogP contribution in [0.3, 0.4) is 0 Å². The number of unbranched alkanes of at least 4 members (excludes halogenated alkanes) is 1. The number of aliphatic hydroxyl groups is 1. The number of aliphatic carboxylic acids is 2. The third kappa shape index (κ3) is 18.0. The van der Waals surface area contributed by atoms with E-state index in [4.69, 9.17) is 11.5 Å². The van der Waals surface area contributed by atoms with Crippen molar-refractivity contribution in [2.75, 3.05) is 13.1 Å². The summed E-state index contributed by atoms with van der Waals surface area (Å²) in [4.78, 5) is 127. The van der Waals surface area contributed by atoms with Gasteiger partial charge in [0.2, 0.25) is 41.4 Å². The third-order valence-corrected chi connectivity index (χ3v) is 10.9. The Morgan fingerprint density at radius 1 is 0.754 bits per heavy atom. The van der Waals surface area contributed by atoms with Gasteiger partial charge in [0, 0.05) is 31.3 Å². The number of aromatic amines is 1. The first kappa shape index (κ1) is 55.5. The Kier molecular flexibility index (Phi) is 23.0. The van der Waals surface area contributed by atoms with Gasteiger partial charge in [-0.3, -0.25) is 38.4 Å². The number of amides is 7. The van der Waals surface area contributed by atoms with Crippen molar-refractivity contribution < 1.29 is 58.5 Å². The number of aliphatic hydroxyl groups excluding tert-OH is 1. The van der Waals surface area contributed by atoms with Crippen molar-refractivity contribution in [3.05, 3.63) is 18.2 Å². The largest absolute Gasteiger partial charge is 0.481 e. The number of aromatic nitrogens is 2. The highest BCUT2D eigenvalue weighted by Crippen LogP contribution is 2.21. The Labute approximate surface area is 379 Å². The fraction of sp³-hybridized carbons (Fsp3) is 0.714. The molecule has 0 bridgehead atoms. The number of nitrogens with zero attached hydrogens (tertiary/aromatic N) is 2. The lowest BCUT2D eigenvalue weighted by atomic mass is 10.00. The van der Waals surface area contributed by atoms with Crippen LogP contribution in [0.25, 0.3) is 0 Å². The minimum Gasteiger partial charge on any atom is -0.481 e. The first-order chi connectivity index (χ1) is 30.5. The van der Waals surface area contributed by atoms with Gasteiger partial charge >= 0.3 is 11.9 Å².